The Morgan fingerprint density at radius 2 is 1.72 bits per heavy atom. The summed E-state index contributed by atoms with van der Waals surface area (Å²) in [4.78, 5) is 54.0. The van der Waals surface area contributed by atoms with Gasteiger partial charge in [0.25, 0.3) is 0 Å². The lowest BCUT2D eigenvalue weighted by atomic mass is 9.82. The zero-order valence-electron chi connectivity index (χ0n) is 19.9. The van der Waals surface area contributed by atoms with Crippen molar-refractivity contribution in [1.29, 1.82) is 0 Å². The maximum absolute atomic E-state index is 12.9. The van der Waals surface area contributed by atoms with Crippen molar-refractivity contribution in [2.75, 3.05) is 23.5 Å². The van der Waals surface area contributed by atoms with Gasteiger partial charge in [0.2, 0.25) is 17.7 Å². The van der Waals surface area contributed by atoms with Gasteiger partial charge < -0.3 is 14.4 Å². The van der Waals surface area contributed by atoms with Gasteiger partial charge in [-0.3, -0.25) is 24.1 Å². The fourth-order valence-electron chi connectivity index (χ4n) is 5.13. The van der Waals surface area contributed by atoms with Crippen LogP contribution in [0, 0.1) is 17.8 Å². The van der Waals surface area contributed by atoms with Crippen LogP contribution in [-0.2, 0) is 19.2 Å². The van der Waals surface area contributed by atoms with Crippen molar-refractivity contribution in [2.45, 2.75) is 26.2 Å². The molecule has 186 valence electrons. The van der Waals surface area contributed by atoms with Crippen molar-refractivity contribution < 1.29 is 28.7 Å². The quantitative estimate of drug-likeness (QED) is 0.261. The highest BCUT2D eigenvalue weighted by atomic mass is 35.5. The molecule has 0 bridgehead atoms. The molecule has 3 atom stereocenters. The number of anilines is 2. The summed E-state index contributed by atoms with van der Waals surface area (Å²) >= 11 is 6.09. The molecule has 2 aromatic carbocycles. The summed E-state index contributed by atoms with van der Waals surface area (Å²) in [6.45, 7) is 2.11. The Labute approximate surface area is 213 Å². The molecular weight excluding hydrogens is 484 g/mol. The van der Waals surface area contributed by atoms with Gasteiger partial charge >= 0.3 is 5.97 Å². The van der Waals surface area contributed by atoms with E-state index in [0.29, 0.717) is 35.0 Å². The Morgan fingerprint density at radius 1 is 1.00 bits per heavy atom. The molecule has 9 heteroatoms. The molecule has 3 amide bonds. The number of nitrogens with zero attached hydrogens (tertiary/aromatic N) is 2. The van der Waals surface area contributed by atoms with E-state index in [-0.39, 0.29) is 48.3 Å². The number of allylic oxidation sites excluding steroid dienone is 2. The van der Waals surface area contributed by atoms with Gasteiger partial charge in [0.05, 0.1) is 36.2 Å². The van der Waals surface area contributed by atoms with Crippen molar-refractivity contribution in [3.05, 3.63) is 59.1 Å². The predicted molar refractivity (Wildman–Crippen MR) is 133 cm³/mol. The zero-order chi connectivity index (χ0) is 25.6. The number of halogens is 1. The molecule has 2 heterocycles. The number of ether oxygens (including phenoxy) is 2. The average Bonchev–Trinajstić information content (AvgIpc) is 3.36. The molecule has 2 aromatic rings. The van der Waals surface area contributed by atoms with E-state index in [4.69, 9.17) is 21.1 Å². The number of imide groups is 1. The van der Waals surface area contributed by atoms with Crippen LogP contribution in [-0.4, -0.2) is 37.3 Å². The maximum Gasteiger partial charge on any atom is 0.316 e. The molecule has 0 saturated carbocycles. The molecule has 2 fully saturated rings. The van der Waals surface area contributed by atoms with Crippen LogP contribution in [0.1, 0.15) is 26.2 Å². The highest BCUT2D eigenvalue weighted by Crippen LogP contribution is 2.40. The van der Waals surface area contributed by atoms with E-state index in [1.54, 1.807) is 42.5 Å². The van der Waals surface area contributed by atoms with Gasteiger partial charge in [-0.25, -0.2) is 0 Å². The molecule has 0 N–H and O–H groups in total. The fourth-order valence-corrected chi connectivity index (χ4v) is 5.29. The minimum Gasteiger partial charge on any atom is -0.495 e. The van der Waals surface area contributed by atoms with Crippen LogP contribution in [0.3, 0.4) is 0 Å². The summed E-state index contributed by atoms with van der Waals surface area (Å²) < 4.78 is 10.9. The Morgan fingerprint density at radius 3 is 2.44 bits per heavy atom. The van der Waals surface area contributed by atoms with E-state index in [9.17, 15) is 19.2 Å². The first-order chi connectivity index (χ1) is 17.3. The fraction of sp³-hybridized carbons (Fsp3) is 0.333. The summed E-state index contributed by atoms with van der Waals surface area (Å²) in [7, 11) is 1.50. The molecule has 0 spiro atoms. The molecular formula is C27H25ClN2O6. The molecule has 8 nitrogen and oxygen atoms in total. The van der Waals surface area contributed by atoms with E-state index >= 15 is 0 Å². The lowest BCUT2D eigenvalue weighted by Gasteiger charge is -2.19. The molecule has 2 aliphatic heterocycles. The smallest absolute Gasteiger partial charge is 0.316 e. The lowest BCUT2D eigenvalue weighted by Crippen LogP contribution is -2.30. The van der Waals surface area contributed by atoms with E-state index in [0.717, 1.165) is 5.57 Å². The Balaban J connectivity index is 1.26. The van der Waals surface area contributed by atoms with Gasteiger partial charge in [-0.05, 0) is 62.2 Å². The summed E-state index contributed by atoms with van der Waals surface area (Å²) in [6.07, 6.45) is 3.19. The van der Waals surface area contributed by atoms with Crippen LogP contribution in [0.25, 0.3) is 0 Å². The van der Waals surface area contributed by atoms with Gasteiger partial charge in [0.15, 0.2) is 0 Å². The second-order valence-corrected chi connectivity index (χ2v) is 9.79. The number of carbonyl (C=O) groups excluding carboxylic acids is 4. The van der Waals surface area contributed by atoms with Crippen molar-refractivity contribution >= 4 is 46.7 Å². The molecule has 0 unspecified atom stereocenters. The number of esters is 1. The van der Waals surface area contributed by atoms with E-state index in [1.165, 1.54) is 16.9 Å². The second kappa shape index (κ2) is 9.43. The van der Waals surface area contributed by atoms with Crippen molar-refractivity contribution in [3.63, 3.8) is 0 Å². The Bertz CT molecular complexity index is 1290. The minimum absolute atomic E-state index is 0.000402. The van der Waals surface area contributed by atoms with Gasteiger partial charge in [0.1, 0.15) is 11.5 Å². The third-order valence-electron chi connectivity index (χ3n) is 7.03. The number of methoxy groups -OCH3 is 1. The summed E-state index contributed by atoms with van der Waals surface area (Å²) in [5.74, 6) is -1.71. The van der Waals surface area contributed by atoms with Gasteiger partial charge in [-0.2, -0.15) is 0 Å². The Hall–Kier alpha value is -3.65. The molecule has 1 aliphatic carbocycles. The maximum atomic E-state index is 12.9. The number of hydrogen-bond acceptors (Lipinski definition) is 6. The zero-order valence-corrected chi connectivity index (χ0v) is 20.7. The molecule has 3 aliphatic rings. The SMILES string of the molecule is COc1ccc(Cl)cc1N1C[C@H](C(=O)Oc2ccc(N3C(=O)[C@H]4CC=C(C)C[C@H]4C3=O)cc2)CC1=O. The van der Waals surface area contributed by atoms with E-state index in [2.05, 4.69) is 0 Å². The summed E-state index contributed by atoms with van der Waals surface area (Å²) in [6, 6.07) is 11.2. The van der Waals surface area contributed by atoms with Crippen LogP contribution in [0.5, 0.6) is 11.5 Å². The number of fused-ring (bicyclic) bond motifs is 1. The largest absolute Gasteiger partial charge is 0.495 e. The monoisotopic (exact) mass is 508 g/mol. The standard InChI is InChI=1S/C27H25ClN2O6/c1-15-3-9-20-21(11-15)26(33)30(25(20)32)18-5-7-19(8-6-18)36-27(34)16-12-24(31)29(14-16)22-13-17(28)4-10-23(22)35-2/h3-8,10,13,16,20-21H,9,11-12,14H2,1-2H3/t16-,20+,21-/m1/s1. The minimum atomic E-state index is -0.665. The van der Waals surface area contributed by atoms with E-state index < -0.39 is 11.9 Å². The van der Waals surface area contributed by atoms with Crippen LogP contribution >= 0.6 is 11.6 Å². The lowest BCUT2D eigenvalue weighted by molar-refractivity contribution is -0.139. The second-order valence-electron chi connectivity index (χ2n) is 9.35. The molecule has 0 aromatic heterocycles. The van der Waals surface area contributed by atoms with Gasteiger partial charge in [-0.1, -0.05) is 23.3 Å². The molecule has 2 saturated heterocycles. The average molecular weight is 509 g/mol. The van der Waals surface area contributed by atoms with Crippen LogP contribution in [0.4, 0.5) is 11.4 Å². The van der Waals surface area contributed by atoms with E-state index in [1.807, 2.05) is 13.0 Å². The van der Waals surface area contributed by atoms with Crippen molar-refractivity contribution in [3.8, 4) is 11.5 Å². The van der Waals surface area contributed by atoms with Crippen LogP contribution < -0.4 is 19.3 Å². The van der Waals surface area contributed by atoms with Gasteiger partial charge in [-0.15, -0.1) is 0 Å². The van der Waals surface area contributed by atoms with Gasteiger partial charge in [0, 0.05) is 18.0 Å². The Kier molecular flexibility index (Phi) is 6.30. The summed E-state index contributed by atoms with van der Waals surface area (Å²) in [5.41, 5.74) is 2.08. The van der Waals surface area contributed by atoms with Crippen molar-refractivity contribution in [2.24, 2.45) is 17.8 Å². The molecule has 36 heavy (non-hydrogen) atoms. The van der Waals surface area contributed by atoms with Crippen molar-refractivity contribution in [1.82, 2.24) is 0 Å². The highest BCUT2D eigenvalue weighted by molar-refractivity contribution is 6.31. The first-order valence-corrected chi connectivity index (χ1v) is 12.1. The first-order valence-electron chi connectivity index (χ1n) is 11.8. The number of hydrogen-bond donors (Lipinski definition) is 0. The van der Waals surface area contributed by atoms with Crippen LogP contribution in [0.15, 0.2) is 54.1 Å². The number of amides is 3. The topological polar surface area (TPSA) is 93.2 Å². The highest BCUT2D eigenvalue weighted by Gasteiger charge is 2.48. The summed E-state index contributed by atoms with van der Waals surface area (Å²) in [5, 5.41) is 0.449. The third-order valence-corrected chi connectivity index (χ3v) is 7.26. The predicted octanol–water partition coefficient (Wildman–Crippen LogP) is 4.15. The molecule has 5 rings (SSSR count). The normalized spacial score (nSPS) is 23.6. The van der Waals surface area contributed by atoms with Crippen LogP contribution in [0.2, 0.25) is 5.02 Å². The number of benzene rings is 2. The first kappa shape index (κ1) is 24.1. The number of rotatable bonds is 5. The third kappa shape index (κ3) is 4.26. The molecule has 0 radical (unpaired) electrons. The number of carbonyl (C=O) groups is 4.